The predicted octanol–water partition coefficient (Wildman–Crippen LogP) is 4.05. The van der Waals surface area contributed by atoms with Gasteiger partial charge in [0.15, 0.2) is 0 Å². The van der Waals surface area contributed by atoms with Crippen LogP contribution in [0.5, 0.6) is 0 Å². The van der Waals surface area contributed by atoms with Crippen LogP contribution in [-0.4, -0.2) is 28.2 Å². The van der Waals surface area contributed by atoms with Gasteiger partial charge in [-0.05, 0) is 0 Å². The predicted molar refractivity (Wildman–Crippen MR) is 52.7 cm³/mol. The summed E-state index contributed by atoms with van der Waals surface area (Å²) in [6.45, 7) is 0. The van der Waals surface area contributed by atoms with E-state index in [1.807, 2.05) is 0 Å². The van der Waals surface area contributed by atoms with E-state index in [1.54, 1.807) is 0 Å². The van der Waals surface area contributed by atoms with Crippen molar-refractivity contribution < 1.29 is 15.1 Å². The first-order valence-electron chi connectivity index (χ1n) is 2.25. The molecule has 0 saturated carbocycles. The van der Waals surface area contributed by atoms with Crippen molar-refractivity contribution in [1.82, 2.24) is 0 Å². The van der Waals surface area contributed by atoms with E-state index in [2.05, 4.69) is 0 Å². The Balaban J connectivity index is -0.0000000139. The molecule has 0 unspecified atom stereocenters. The summed E-state index contributed by atoms with van der Waals surface area (Å²) in [5, 5.41) is 0. The minimum atomic E-state index is -0.226. The molecule has 4 nitrogen and oxygen atoms in total. The standard InChI is InChI=1S/4CH4N.2ClH.Rh/c4*1-2;;;/h4*2H,1H3;2*1H;/q4*-1;;;+2/p-2. The van der Waals surface area contributed by atoms with Crippen molar-refractivity contribution in [3.8, 4) is 0 Å². The Bertz CT molecular complexity index is 20.1. The van der Waals surface area contributed by atoms with E-state index >= 15 is 0 Å². The summed E-state index contributed by atoms with van der Waals surface area (Å²) in [6, 6.07) is 0. The maximum absolute atomic E-state index is 5.75. The zero-order valence-corrected chi connectivity index (χ0v) is 10.2. The zero-order chi connectivity index (χ0) is 10.7. The van der Waals surface area contributed by atoms with Crippen LogP contribution in [0.4, 0.5) is 0 Å². The third-order valence-corrected chi connectivity index (χ3v) is 0. The molecule has 0 aliphatic rings. The summed E-state index contributed by atoms with van der Waals surface area (Å²) < 4.78 is 0. The summed E-state index contributed by atoms with van der Waals surface area (Å²) in [7, 11) is 14.7. The van der Waals surface area contributed by atoms with Crippen LogP contribution in [0.25, 0.3) is 22.9 Å². The van der Waals surface area contributed by atoms with Gasteiger partial charge in [0.25, 0.3) is 0 Å². The molecule has 0 heterocycles. The monoisotopic (exact) mass is 293 g/mol. The van der Waals surface area contributed by atoms with E-state index < -0.39 is 0 Å². The molecule has 0 atom stereocenters. The van der Waals surface area contributed by atoms with E-state index in [4.69, 9.17) is 42.3 Å². The molecule has 0 aromatic carbocycles. The van der Waals surface area contributed by atoms with E-state index in [1.165, 1.54) is 28.2 Å². The van der Waals surface area contributed by atoms with Crippen LogP contribution in [0, 0.1) is 0 Å². The molecule has 0 radical (unpaired) electrons. The van der Waals surface area contributed by atoms with Crippen LogP contribution >= 0.6 is 19.4 Å². The van der Waals surface area contributed by atoms with E-state index in [0.717, 1.165) is 0 Å². The summed E-state index contributed by atoms with van der Waals surface area (Å²) in [4.78, 5) is 0. The van der Waals surface area contributed by atoms with Gasteiger partial charge in [-0.3, -0.25) is 0 Å². The quantitative estimate of drug-likeness (QED) is 0.602. The molecule has 0 aromatic rings. The summed E-state index contributed by atoms with van der Waals surface area (Å²) in [6.07, 6.45) is 0. The maximum atomic E-state index is 5.75. The molecule has 7 heteroatoms. The number of hydrogen-bond donors (Lipinski definition) is 0. The first-order chi connectivity index (χ1) is 5.41. The third kappa shape index (κ3) is 830. The molecule has 0 saturated heterocycles. The van der Waals surface area contributed by atoms with Crippen LogP contribution in [0.1, 0.15) is 0 Å². The SMILES string of the molecule is C[NH-].C[NH-].C[NH-].C[NH-].[Cl][Rh][Cl]. The fraction of sp³-hybridized carbons (Fsp3) is 1.00. The Morgan fingerprint density at radius 2 is 0.636 bits per heavy atom. The molecule has 0 aromatic heterocycles. The second-order valence-corrected chi connectivity index (χ2v) is 2.54. The van der Waals surface area contributed by atoms with Gasteiger partial charge in [0.2, 0.25) is 0 Å². The van der Waals surface area contributed by atoms with Gasteiger partial charge in [0.05, 0.1) is 0 Å². The molecular formula is C4H16Cl2N4Rh-4. The van der Waals surface area contributed by atoms with Crippen LogP contribution in [0.2, 0.25) is 0 Å². The Hall–Kier alpha value is 1.04. The molecule has 79 valence electrons. The first kappa shape index (κ1) is 29.6. The van der Waals surface area contributed by atoms with Gasteiger partial charge in [0.1, 0.15) is 0 Å². The second kappa shape index (κ2) is 267. The molecule has 0 bridgehead atoms. The summed E-state index contributed by atoms with van der Waals surface area (Å²) in [5.41, 5.74) is 23.0. The third-order valence-electron chi connectivity index (χ3n) is 0. The topological polar surface area (TPSA) is 95.2 Å². The molecule has 0 rings (SSSR count). The van der Waals surface area contributed by atoms with Crippen LogP contribution in [0.3, 0.4) is 0 Å². The molecular weight excluding hydrogens is 278 g/mol. The van der Waals surface area contributed by atoms with Gasteiger partial charge in [-0.15, -0.1) is 0 Å². The summed E-state index contributed by atoms with van der Waals surface area (Å²) in [5.74, 6) is 0. The van der Waals surface area contributed by atoms with Gasteiger partial charge in [-0.2, -0.15) is 28.2 Å². The fourth-order valence-electron chi connectivity index (χ4n) is 0. The molecule has 0 aliphatic carbocycles. The Morgan fingerprint density at radius 1 is 0.636 bits per heavy atom. The van der Waals surface area contributed by atoms with Crippen molar-refractivity contribution in [2.45, 2.75) is 0 Å². The second-order valence-electron chi connectivity index (χ2n) is 0.0476. The Kier molecular flexibility index (Phi) is 718. The number of nitrogens with one attached hydrogen (secondary N) is 4. The van der Waals surface area contributed by atoms with Crippen molar-refractivity contribution in [3.05, 3.63) is 22.9 Å². The average Bonchev–Trinajstić information content (AvgIpc) is 2.18. The van der Waals surface area contributed by atoms with Crippen LogP contribution in [-0.2, 0) is 15.1 Å². The van der Waals surface area contributed by atoms with Gasteiger partial charge in [-0.1, -0.05) is 0 Å². The normalized spacial score (nSPS) is 4.18. The summed E-state index contributed by atoms with van der Waals surface area (Å²) >= 11 is -0.226. The van der Waals surface area contributed by atoms with E-state index in [0.29, 0.717) is 0 Å². The van der Waals surface area contributed by atoms with Crippen molar-refractivity contribution in [3.63, 3.8) is 0 Å². The molecule has 0 fully saturated rings. The van der Waals surface area contributed by atoms with Crippen molar-refractivity contribution >= 4 is 19.4 Å². The van der Waals surface area contributed by atoms with Gasteiger partial charge in [-0.25, -0.2) is 0 Å². The van der Waals surface area contributed by atoms with Crippen LogP contribution < -0.4 is 0 Å². The molecule has 0 spiro atoms. The van der Waals surface area contributed by atoms with Crippen molar-refractivity contribution in [2.24, 2.45) is 0 Å². The Labute approximate surface area is 85.6 Å². The number of hydrogen-bond acceptors (Lipinski definition) is 0. The van der Waals surface area contributed by atoms with Crippen LogP contribution in [0.15, 0.2) is 0 Å². The Morgan fingerprint density at radius 3 is 0.636 bits per heavy atom. The van der Waals surface area contributed by atoms with E-state index in [9.17, 15) is 0 Å². The molecule has 11 heavy (non-hydrogen) atoms. The molecule has 0 amide bonds. The molecule has 4 N–H and O–H groups in total. The van der Waals surface area contributed by atoms with Gasteiger partial charge in [0, 0.05) is 0 Å². The first-order valence-corrected chi connectivity index (χ1v) is 6.47. The fourth-order valence-corrected chi connectivity index (χ4v) is 0. The van der Waals surface area contributed by atoms with E-state index in [-0.39, 0.29) is 15.1 Å². The number of rotatable bonds is 0. The van der Waals surface area contributed by atoms with Crippen molar-refractivity contribution in [2.75, 3.05) is 28.2 Å². The average molecular weight is 294 g/mol. The van der Waals surface area contributed by atoms with Gasteiger partial charge < -0.3 is 22.9 Å². The molecule has 0 aliphatic heterocycles. The van der Waals surface area contributed by atoms with Gasteiger partial charge >= 0.3 is 34.5 Å². The minimum absolute atomic E-state index is 0.226. The van der Waals surface area contributed by atoms with Crippen molar-refractivity contribution in [1.29, 1.82) is 0 Å². The zero-order valence-electron chi connectivity index (χ0n) is 7.09. The number of halogens is 2.